The zero-order valence-electron chi connectivity index (χ0n) is 31.7. The van der Waals surface area contributed by atoms with E-state index in [2.05, 4.69) is 27.0 Å². The van der Waals surface area contributed by atoms with Gasteiger partial charge in [-0.1, -0.05) is 60.7 Å². The van der Waals surface area contributed by atoms with Crippen LogP contribution in [0, 0.1) is 11.3 Å². The molecule has 1 aromatic heterocycles. The number of ether oxygens (including phenoxy) is 2. The minimum absolute atomic E-state index is 0.129. The summed E-state index contributed by atoms with van der Waals surface area (Å²) in [7, 11) is 0. The molecule has 1 aliphatic heterocycles. The summed E-state index contributed by atoms with van der Waals surface area (Å²) >= 11 is 0. The number of nitrogens with one attached hydrogen (secondary N) is 3. The second kappa shape index (κ2) is 17.0. The summed E-state index contributed by atoms with van der Waals surface area (Å²) < 4.78 is 39.1. The molecule has 294 valence electrons. The first-order valence-corrected chi connectivity index (χ1v) is 18.4. The average Bonchev–Trinajstić information content (AvgIpc) is 3.51. The van der Waals surface area contributed by atoms with E-state index in [1.165, 1.54) is 12.3 Å². The SMILES string of the molecule is CC(C)(C)OC(=O)NCC(=O)N[C@H](COc1ccc(-c2ccc3nccc(C(=O)NCC(=O)N4CC(F)(F)C[C@H]4C#N)c3c2)cc1)Cc1ccc2ccccc2c1. The summed E-state index contributed by atoms with van der Waals surface area (Å²) in [5.74, 6) is -4.39. The van der Waals surface area contributed by atoms with Gasteiger partial charge in [0.1, 0.15) is 30.5 Å². The molecule has 1 aliphatic rings. The monoisotopic (exact) mass is 776 g/mol. The fourth-order valence-electron chi connectivity index (χ4n) is 6.56. The van der Waals surface area contributed by atoms with Crippen LogP contribution in [0.25, 0.3) is 32.8 Å². The molecular formula is C43H42F2N6O6. The predicted molar refractivity (Wildman–Crippen MR) is 210 cm³/mol. The van der Waals surface area contributed by atoms with Gasteiger partial charge in [0.2, 0.25) is 11.8 Å². The third kappa shape index (κ3) is 10.6. The number of amides is 4. The third-order valence-corrected chi connectivity index (χ3v) is 9.22. The highest BCUT2D eigenvalue weighted by Crippen LogP contribution is 2.32. The first kappa shape index (κ1) is 40.1. The highest BCUT2D eigenvalue weighted by Gasteiger charge is 2.47. The van der Waals surface area contributed by atoms with Gasteiger partial charge >= 0.3 is 6.09 Å². The van der Waals surface area contributed by atoms with E-state index in [4.69, 9.17) is 9.47 Å². The molecule has 1 saturated heterocycles. The molecule has 5 aromatic rings. The van der Waals surface area contributed by atoms with Gasteiger partial charge in [0.15, 0.2) is 0 Å². The molecule has 0 unspecified atom stereocenters. The molecule has 0 saturated carbocycles. The van der Waals surface area contributed by atoms with Crippen LogP contribution in [-0.4, -0.2) is 83.5 Å². The summed E-state index contributed by atoms with van der Waals surface area (Å²) in [4.78, 5) is 56.2. The number of fused-ring (bicyclic) bond motifs is 2. The van der Waals surface area contributed by atoms with Crippen molar-refractivity contribution in [3.8, 4) is 22.9 Å². The zero-order chi connectivity index (χ0) is 40.7. The van der Waals surface area contributed by atoms with Crippen molar-refractivity contribution >= 4 is 45.5 Å². The number of carbonyl (C=O) groups excluding carboxylic acids is 4. The topological polar surface area (TPSA) is 163 Å². The number of rotatable bonds is 12. The molecule has 2 heterocycles. The average molecular weight is 777 g/mol. The Bertz CT molecular complexity index is 2340. The Balaban J connectivity index is 1.12. The van der Waals surface area contributed by atoms with Gasteiger partial charge in [0, 0.05) is 18.0 Å². The normalized spacial score (nSPS) is 15.4. The number of likely N-dealkylation sites (tertiary alicyclic amines) is 1. The Morgan fingerprint density at radius 3 is 2.40 bits per heavy atom. The Hall–Kier alpha value is -6.62. The molecule has 0 radical (unpaired) electrons. The van der Waals surface area contributed by atoms with E-state index < -0.39 is 66.9 Å². The van der Waals surface area contributed by atoms with Crippen molar-refractivity contribution in [3.63, 3.8) is 0 Å². The van der Waals surface area contributed by atoms with E-state index in [0.717, 1.165) is 32.4 Å². The van der Waals surface area contributed by atoms with Crippen molar-refractivity contribution in [3.05, 3.63) is 108 Å². The number of benzene rings is 4. The first-order valence-electron chi connectivity index (χ1n) is 18.4. The van der Waals surface area contributed by atoms with Crippen LogP contribution in [0.1, 0.15) is 43.1 Å². The fourth-order valence-corrected chi connectivity index (χ4v) is 6.56. The van der Waals surface area contributed by atoms with Gasteiger partial charge in [0.25, 0.3) is 11.8 Å². The molecule has 6 rings (SSSR count). The number of halogens is 2. The molecule has 0 aliphatic carbocycles. The molecule has 0 spiro atoms. The summed E-state index contributed by atoms with van der Waals surface area (Å²) in [6.45, 7) is 3.64. The van der Waals surface area contributed by atoms with E-state index >= 15 is 0 Å². The molecule has 14 heteroatoms. The summed E-state index contributed by atoms with van der Waals surface area (Å²) in [6, 6.07) is 28.3. The number of alkyl carbamates (subject to hydrolysis) is 1. The lowest BCUT2D eigenvalue weighted by atomic mass is 10.0. The van der Waals surface area contributed by atoms with Crippen molar-refractivity contribution in [2.75, 3.05) is 26.2 Å². The van der Waals surface area contributed by atoms with E-state index in [1.54, 1.807) is 51.1 Å². The number of nitriles is 1. The smallest absolute Gasteiger partial charge is 0.408 e. The van der Waals surface area contributed by atoms with Crippen molar-refractivity contribution in [1.82, 2.24) is 25.8 Å². The Kier molecular flexibility index (Phi) is 12.0. The molecule has 4 amide bonds. The lowest BCUT2D eigenvalue weighted by Gasteiger charge is -2.21. The van der Waals surface area contributed by atoms with Gasteiger partial charge in [-0.2, -0.15) is 5.26 Å². The van der Waals surface area contributed by atoms with Gasteiger partial charge in [0.05, 0.1) is 36.3 Å². The largest absolute Gasteiger partial charge is 0.491 e. The third-order valence-electron chi connectivity index (χ3n) is 9.22. The standard InChI is InChI=1S/C43H42F2N6O6/c1-42(2,3)57-41(55)49-23-38(52)50-32(19-27-8-9-28-6-4-5-7-30(28)18-27)25-56-34-13-10-29(11-14-34)31-12-15-37-36(20-31)35(16-17-47-37)40(54)48-24-39(53)51-26-43(44,45)21-33(51)22-46/h4-18,20,32-33H,19,21,23-26H2,1-3H3,(H,48,54)(H,49,55)(H,50,52)/t32-,33-/m0/s1. The van der Waals surface area contributed by atoms with Crippen molar-refractivity contribution in [1.29, 1.82) is 5.26 Å². The maximum absolute atomic E-state index is 13.9. The minimum atomic E-state index is -3.16. The van der Waals surface area contributed by atoms with Gasteiger partial charge in [-0.25, -0.2) is 13.6 Å². The number of nitrogens with zero attached hydrogens (tertiary/aromatic N) is 3. The van der Waals surface area contributed by atoms with Crippen LogP contribution < -0.4 is 20.7 Å². The van der Waals surface area contributed by atoms with Gasteiger partial charge in [-0.3, -0.25) is 19.4 Å². The molecule has 4 aromatic carbocycles. The molecule has 57 heavy (non-hydrogen) atoms. The number of pyridine rings is 1. The maximum atomic E-state index is 13.9. The van der Waals surface area contributed by atoms with E-state index in [1.807, 2.05) is 54.6 Å². The molecule has 0 bridgehead atoms. The zero-order valence-corrected chi connectivity index (χ0v) is 31.7. The van der Waals surface area contributed by atoms with E-state index in [0.29, 0.717) is 23.1 Å². The minimum Gasteiger partial charge on any atom is -0.491 e. The number of hydrogen-bond donors (Lipinski definition) is 3. The Morgan fingerprint density at radius 2 is 1.67 bits per heavy atom. The first-order chi connectivity index (χ1) is 27.2. The van der Waals surface area contributed by atoms with Gasteiger partial charge in [-0.15, -0.1) is 0 Å². The Labute approximate surface area is 328 Å². The number of hydrogen-bond acceptors (Lipinski definition) is 8. The van der Waals surface area contributed by atoms with Crippen molar-refractivity contribution in [2.24, 2.45) is 0 Å². The molecule has 2 atom stereocenters. The second-order valence-electron chi connectivity index (χ2n) is 14.8. The number of carbonyl (C=O) groups is 4. The molecule has 1 fully saturated rings. The van der Waals surface area contributed by atoms with Crippen LogP contribution in [-0.2, 0) is 20.7 Å². The van der Waals surface area contributed by atoms with Crippen LogP contribution in [0.5, 0.6) is 5.75 Å². The van der Waals surface area contributed by atoms with Crippen molar-refractivity contribution < 1.29 is 37.4 Å². The van der Waals surface area contributed by atoms with Crippen LogP contribution in [0.2, 0.25) is 0 Å². The van der Waals surface area contributed by atoms with E-state index in [-0.39, 0.29) is 18.7 Å². The highest BCUT2D eigenvalue weighted by atomic mass is 19.3. The second-order valence-corrected chi connectivity index (χ2v) is 14.8. The Morgan fingerprint density at radius 1 is 0.930 bits per heavy atom. The number of alkyl halides is 2. The summed E-state index contributed by atoms with van der Waals surface area (Å²) in [5.41, 5.74) is 2.62. The lowest BCUT2D eigenvalue weighted by Crippen LogP contribution is -2.46. The predicted octanol–water partition coefficient (Wildman–Crippen LogP) is 6.18. The quantitative estimate of drug-likeness (QED) is 0.135. The number of aromatic nitrogens is 1. The molecular weight excluding hydrogens is 735 g/mol. The van der Waals surface area contributed by atoms with Crippen LogP contribution >= 0.6 is 0 Å². The molecule has 12 nitrogen and oxygen atoms in total. The van der Waals surface area contributed by atoms with Gasteiger partial charge in [-0.05, 0) is 85.0 Å². The van der Waals surface area contributed by atoms with Gasteiger partial charge < -0.3 is 30.3 Å². The maximum Gasteiger partial charge on any atom is 0.408 e. The molecule has 3 N–H and O–H groups in total. The highest BCUT2D eigenvalue weighted by molar-refractivity contribution is 6.07. The lowest BCUT2D eigenvalue weighted by molar-refractivity contribution is -0.131. The van der Waals surface area contributed by atoms with Crippen LogP contribution in [0.3, 0.4) is 0 Å². The summed E-state index contributed by atoms with van der Waals surface area (Å²) in [5, 5.41) is 19.9. The van der Waals surface area contributed by atoms with Crippen LogP contribution in [0.4, 0.5) is 13.6 Å². The van der Waals surface area contributed by atoms with Crippen molar-refractivity contribution in [2.45, 2.75) is 57.2 Å². The van der Waals surface area contributed by atoms with Crippen LogP contribution in [0.15, 0.2) is 97.2 Å². The summed E-state index contributed by atoms with van der Waals surface area (Å²) in [6.07, 6.45) is 0.490. The fraction of sp³-hybridized carbons (Fsp3) is 0.302. The van der Waals surface area contributed by atoms with E-state index in [9.17, 15) is 33.2 Å².